The summed E-state index contributed by atoms with van der Waals surface area (Å²) in [6.07, 6.45) is 6.85. The van der Waals surface area contributed by atoms with Gasteiger partial charge in [0.15, 0.2) is 5.78 Å². The maximum absolute atomic E-state index is 12.4. The van der Waals surface area contributed by atoms with E-state index in [4.69, 9.17) is 0 Å². The summed E-state index contributed by atoms with van der Waals surface area (Å²) in [5.41, 5.74) is 4.38. The van der Waals surface area contributed by atoms with Crippen molar-refractivity contribution in [2.45, 2.75) is 45.6 Å². The fourth-order valence-electron chi connectivity index (χ4n) is 3.14. The lowest BCUT2D eigenvalue weighted by molar-refractivity contribution is 0.0989. The van der Waals surface area contributed by atoms with Crippen molar-refractivity contribution in [3.05, 3.63) is 35.0 Å². The zero-order chi connectivity index (χ0) is 14.1. The summed E-state index contributed by atoms with van der Waals surface area (Å²) in [6.45, 7) is 4.64. The van der Waals surface area contributed by atoms with Crippen molar-refractivity contribution in [2.24, 2.45) is 0 Å². The zero-order valence-corrected chi connectivity index (χ0v) is 12.3. The lowest BCUT2D eigenvalue weighted by Gasteiger charge is -2.10. The monoisotopic (exact) mass is 270 g/mol. The molecule has 0 spiro atoms. The van der Waals surface area contributed by atoms with Crippen molar-refractivity contribution in [3.8, 4) is 0 Å². The van der Waals surface area contributed by atoms with Gasteiger partial charge in [-0.1, -0.05) is 25.0 Å². The van der Waals surface area contributed by atoms with Gasteiger partial charge >= 0.3 is 0 Å². The molecule has 2 aromatic rings. The number of rotatable bonds is 4. The molecule has 0 unspecified atom stereocenters. The standard InChI is InChI=1S/C17H22N2O/c1-11-7-8-14-15(9-19-17(14)12(11)2)16(20)10-18-13-5-3-4-6-13/h7-9,13,18-19H,3-6,10H2,1-2H3. The van der Waals surface area contributed by atoms with Crippen LogP contribution in [-0.4, -0.2) is 23.4 Å². The van der Waals surface area contributed by atoms with E-state index in [1.165, 1.54) is 36.8 Å². The molecule has 0 radical (unpaired) electrons. The van der Waals surface area contributed by atoms with Crippen LogP contribution in [0.15, 0.2) is 18.3 Å². The first-order chi connectivity index (χ1) is 9.66. The summed E-state index contributed by atoms with van der Waals surface area (Å²) in [7, 11) is 0. The second-order valence-electron chi connectivity index (χ2n) is 5.92. The highest BCUT2D eigenvalue weighted by Gasteiger charge is 2.18. The van der Waals surface area contributed by atoms with Crippen LogP contribution in [0.25, 0.3) is 10.9 Å². The van der Waals surface area contributed by atoms with E-state index in [1.807, 2.05) is 6.20 Å². The molecule has 1 heterocycles. The third kappa shape index (κ3) is 2.38. The molecule has 2 N–H and O–H groups in total. The number of carbonyl (C=O) groups excluding carboxylic acids is 1. The van der Waals surface area contributed by atoms with Gasteiger partial charge in [-0.3, -0.25) is 4.79 Å². The van der Waals surface area contributed by atoms with Crippen molar-refractivity contribution in [2.75, 3.05) is 6.54 Å². The molecule has 1 aromatic carbocycles. The molecule has 1 saturated carbocycles. The molecular weight excluding hydrogens is 248 g/mol. The van der Waals surface area contributed by atoms with Crippen LogP contribution in [0.4, 0.5) is 0 Å². The highest BCUT2D eigenvalue weighted by atomic mass is 16.1. The van der Waals surface area contributed by atoms with Gasteiger partial charge in [-0.25, -0.2) is 0 Å². The number of aromatic nitrogens is 1. The Labute approximate surface area is 119 Å². The number of Topliss-reactive ketones (excluding diaryl/α,β-unsaturated/α-hetero) is 1. The fourth-order valence-corrected chi connectivity index (χ4v) is 3.14. The third-order valence-electron chi connectivity index (χ3n) is 4.59. The van der Waals surface area contributed by atoms with Crippen LogP contribution in [0, 0.1) is 13.8 Å². The summed E-state index contributed by atoms with van der Waals surface area (Å²) in [5, 5.41) is 4.44. The molecule has 3 nitrogen and oxygen atoms in total. The van der Waals surface area contributed by atoms with E-state index in [9.17, 15) is 4.79 Å². The Hall–Kier alpha value is -1.61. The van der Waals surface area contributed by atoms with Gasteiger partial charge in [0.1, 0.15) is 0 Å². The molecule has 0 bridgehead atoms. The van der Waals surface area contributed by atoms with Crippen molar-refractivity contribution < 1.29 is 4.79 Å². The first-order valence-electron chi connectivity index (χ1n) is 7.50. The molecule has 1 aliphatic carbocycles. The van der Waals surface area contributed by atoms with Crippen molar-refractivity contribution in [1.29, 1.82) is 0 Å². The van der Waals surface area contributed by atoms with Crippen LogP contribution in [0.1, 0.15) is 47.2 Å². The van der Waals surface area contributed by atoms with Crippen LogP contribution in [0.2, 0.25) is 0 Å². The number of hydrogen-bond acceptors (Lipinski definition) is 2. The average Bonchev–Trinajstić information content (AvgIpc) is 3.09. The Kier molecular flexibility index (Phi) is 3.62. The summed E-state index contributed by atoms with van der Waals surface area (Å²) >= 11 is 0. The molecule has 3 rings (SSSR count). The van der Waals surface area contributed by atoms with Crippen LogP contribution in [0.3, 0.4) is 0 Å². The molecule has 0 amide bonds. The molecule has 3 heteroatoms. The quantitative estimate of drug-likeness (QED) is 0.835. The van der Waals surface area contributed by atoms with Gasteiger partial charge in [-0.15, -0.1) is 0 Å². The smallest absolute Gasteiger partial charge is 0.178 e. The number of H-pyrrole nitrogens is 1. The Morgan fingerprint density at radius 2 is 2.05 bits per heavy atom. The summed E-state index contributed by atoms with van der Waals surface area (Å²) in [6, 6.07) is 4.68. The largest absolute Gasteiger partial charge is 0.360 e. The molecular formula is C17H22N2O. The summed E-state index contributed by atoms with van der Waals surface area (Å²) in [5.74, 6) is 0.186. The molecule has 1 aromatic heterocycles. The van der Waals surface area contributed by atoms with Crippen molar-refractivity contribution in [1.82, 2.24) is 10.3 Å². The molecule has 0 saturated heterocycles. The number of aryl methyl sites for hydroxylation is 2. The first kappa shape index (κ1) is 13.4. The van der Waals surface area contributed by atoms with Crippen molar-refractivity contribution >= 4 is 16.7 Å². The van der Waals surface area contributed by atoms with E-state index in [-0.39, 0.29) is 5.78 Å². The second kappa shape index (κ2) is 5.41. The fraction of sp³-hybridized carbons (Fsp3) is 0.471. The van der Waals surface area contributed by atoms with Crippen molar-refractivity contribution in [3.63, 3.8) is 0 Å². The van der Waals surface area contributed by atoms with Gasteiger partial charge in [0.2, 0.25) is 0 Å². The lowest BCUT2D eigenvalue weighted by Crippen LogP contribution is -2.31. The SMILES string of the molecule is Cc1ccc2c(C(=O)CNC3CCCC3)c[nH]c2c1C. The number of nitrogens with one attached hydrogen (secondary N) is 2. The summed E-state index contributed by atoms with van der Waals surface area (Å²) in [4.78, 5) is 15.6. The van der Waals surface area contributed by atoms with Gasteiger partial charge in [0, 0.05) is 28.7 Å². The van der Waals surface area contributed by atoms with E-state index in [0.29, 0.717) is 12.6 Å². The number of aromatic amines is 1. The van der Waals surface area contributed by atoms with Crippen LogP contribution in [-0.2, 0) is 0 Å². The first-order valence-corrected chi connectivity index (χ1v) is 7.50. The highest BCUT2D eigenvalue weighted by Crippen LogP contribution is 2.24. The Bertz CT molecular complexity index is 636. The predicted molar refractivity (Wildman–Crippen MR) is 82.4 cm³/mol. The van der Waals surface area contributed by atoms with Gasteiger partial charge in [0.25, 0.3) is 0 Å². The molecule has 0 atom stereocenters. The molecule has 106 valence electrons. The number of carbonyl (C=O) groups is 1. The van der Waals surface area contributed by atoms with Crippen LogP contribution < -0.4 is 5.32 Å². The Balaban J connectivity index is 1.79. The normalized spacial score (nSPS) is 16.1. The van der Waals surface area contributed by atoms with Gasteiger partial charge < -0.3 is 10.3 Å². The van der Waals surface area contributed by atoms with E-state index >= 15 is 0 Å². The zero-order valence-electron chi connectivity index (χ0n) is 12.3. The van der Waals surface area contributed by atoms with E-state index in [0.717, 1.165) is 16.5 Å². The minimum Gasteiger partial charge on any atom is -0.360 e. The minimum absolute atomic E-state index is 0.186. The maximum Gasteiger partial charge on any atom is 0.178 e. The minimum atomic E-state index is 0.186. The van der Waals surface area contributed by atoms with E-state index in [2.05, 4.69) is 36.3 Å². The van der Waals surface area contributed by atoms with Crippen LogP contribution in [0.5, 0.6) is 0 Å². The van der Waals surface area contributed by atoms with Gasteiger partial charge in [0.05, 0.1) is 6.54 Å². The molecule has 0 aliphatic heterocycles. The summed E-state index contributed by atoms with van der Waals surface area (Å²) < 4.78 is 0. The number of ketones is 1. The molecule has 20 heavy (non-hydrogen) atoms. The average molecular weight is 270 g/mol. The Morgan fingerprint density at radius 3 is 2.80 bits per heavy atom. The van der Waals surface area contributed by atoms with E-state index in [1.54, 1.807) is 0 Å². The molecule has 1 fully saturated rings. The van der Waals surface area contributed by atoms with Gasteiger partial charge in [-0.05, 0) is 37.8 Å². The van der Waals surface area contributed by atoms with Crippen LogP contribution >= 0.6 is 0 Å². The number of hydrogen-bond donors (Lipinski definition) is 2. The lowest BCUT2D eigenvalue weighted by atomic mass is 10.0. The maximum atomic E-state index is 12.4. The molecule has 1 aliphatic rings. The third-order valence-corrected chi connectivity index (χ3v) is 4.59. The van der Waals surface area contributed by atoms with Gasteiger partial charge in [-0.2, -0.15) is 0 Å². The number of benzene rings is 1. The predicted octanol–water partition coefficient (Wildman–Crippen LogP) is 3.50. The van der Waals surface area contributed by atoms with E-state index < -0.39 is 0 Å². The topological polar surface area (TPSA) is 44.9 Å². The Morgan fingerprint density at radius 1 is 1.30 bits per heavy atom. The number of fused-ring (bicyclic) bond motifs is 1. The highest BCUT2D eigenvalue weighted by molar-refractivity contribution is 6.09. The second-order valence-corrected chi connectivity index (χ2v) is 5.92.